The van der Waals surface area contributed by atoms with Crippen LogP contribution in [-0.4, -0.2) is 37.1 Å². The summed E-state index contributed by atoms with van der Waals surface area (Å²) in [5, 5.41) is 2.53. The molecule has 1 aliphatic rings. The molecule has 0 atom stereocenters. The predicted molar refractivity (Wildman–Crippen MR) is 134 cm³/mol. The lowest BCUT2D eigenvalue weighted by atomic mass is 10.1. The van der Waals surface area contributed by atoms with Gasteiger partial charge in [-0.05, 0) is 84.5 Å². The summed E-state index contributed by atoms with van der Waals surface area (Å²) in [4.78, 5) is 39.2. The Hall–Kier alpha value is -4.50. The monoisotopic (exact) mass is 488 g/mol. The molecule has 0 bridgehead atoms. The van der Waals surface area contributed by atoms with Gasteiger partial charge in [-0.2, -0.15) is 0 Å². The van der Waals surface area contributed by atoms with Crippen LogP contribution >= 0.6 is 12.2 Å². The highest BCUT2D eigenvalue weighted by Crippen LogP contribution is 2.25. The summed E-state index contributed by atoms with van der Waals surface area (Å²) >= 11 is 5.21. The predicted octanol–water partition coefficient (Wildman–Crippen LogP) is 3.75. The van der Waals surface area contributed by atoms with Crippen molar-refractivity contribution in [2.24, 2.45) is 0 Å². The number of thiocarbonyl (C=S) groups is 1. The Morgan fingerprint density at radius 1 is 0.829 bits per heavy atom. The van der Waals surface area contributed by atoms with Gasteiger partial charge in [0, 0.05) is 0 Å². The van der Waals surface area contributed by atoms with Crippen molar-refractivity contribution in [3.63, 3.8) is 0 Å². The first-order chi connectivity index (χ1) is 16.9. The van der Waals surface area contributed by atoms with Gasteiger partial charge < -0.3 is 14.2 Å². The van der Waals surface area contributed by atoms with E-state index < -0.39 is 17.8 Å². The van der Waals surface area contributed by atoms with E-state index in [4.69, 9.17) is 26.4 Å². The second kappa shape index (κ2) is 10.2. The van der Waals surface area contributed by atoms with Crippen LogP contribution in [0.5, 0.6) is 17.2 Å². The van der Waals surface area contributed by atoms with Crippen LogP contribution in [0.4, 0.5) is 5.69 Å². The summed E-state index contributed by atoms with van der Waals surface area (Å²) in [6.07, 6.45) is 1.45. The fourth-order valence-corrected chi connectivity index (χ4v) is 3.60. The Morgan fingerprint density at radius 3 is 1.94 bits per heavy atom. The van der Waals surface area contributed by atoms with Crippen LogP contribution in [0.25, 0.3) is 6.08 Å². The maximum absolute atomic E-state index is 13.1. The third-order valence-corrected chi connectivity index (χ3v) is 5.44. The molecule has 176 valence electrons. The number of hydrogen-bond acceptors (Lipinski definition) is 7. The molecule has 1 fully saturated rings. The van der Waals surface area contributed by atoms with Crippen molar-refractivity contribution in [1.29, 1.82) is 0 Å². The normalized spacial score (nSPS) is 14.5. The van der Waals surface area contributed by atoms with Crippen molar-refractivity contribution < 1.29 is 28.6 Å². The largest absolute Gasteiger partial charge is 0.497 e. The fraction of sp³-hybridized carbons (Fsp3) is 0.0769. The van der Waals surface area contributed by atoms with E-state index in [2.05, 4.69) is 5.32 Å². The van der Waals surface area contributed by atoms with E-state index in [0.717, 1.165) is 0 Å². The van der Waals surface area contributed by atoms with E-state index in [1.165, 1.54) is 18.1 Å². The van der Waals surface area contributed by atoms with Crippen LogP contribution in [-0.2, 0) is 9.59 Å². The minimum absolute atomic E-state index is 0.0110. The summed E-state index contributed by atoms with van der Waals surface area (Å²) in [6.45, 7) is 0. The Balaban J connectivity index is 1.51. The SMILES string of the molecule is COc1ccc(C(=O)Oc2ccc(/C=C3/C(=O)NC(=S)N(c4ccc(OC)cc4)C3=O)cc2)cc1. The van der Waals surface area contributed by atoms with E-state index in [1.807, 2.05) is 0 Å². The maximum Gasteiger partial charge on any atom is 0.343 e. The molecule has 4 rings (SSSR count). The van der Waals surface area contributed by atoms with E-state index in [0.29, 0.717) is 34.1 Å². The molecule has 0 spiro atoms. The molecule has 0 aromatic heterocycles. The number of nitrogens with zero attached hydrogens (tertiary/aromatic N) is 1. The minimum Gasteiger partial charge on any atom is -0.497 e. The van der Waals surface area contributed by atoms with Crippen molar-refractivity contribution in [1.82, 2.24) is 5.32 Å². The average molecular weight is 489 g/mol. The third-order valence-electron chi connectivity index (χ3n) is 5.16. The fourth-order valence-electron chi connectivity index (χ4n) is 3.32. The van der Waals surface area contributed by atoms with Gasteiger partial charge in [0.05, 0.1) is 25.5 Å². The Morgan fingerprint density at radius 2 is 1.37 bits per heavy atom. The topological polar surface area (TPSA) is 94.2 Å². The zero-order chi connectivity index (χ0) is 24.9. The number of nitrogens with one attached hydrogen (secondary N) is 1. The molecular formula is C26H20N2O6S. The van der Waals surface area contributed by atoms with Crippen molar-refractivity contribution >= 4 is 46.9 Å². The van der Waals surface area contributed by atoms with Gasteiger partial charge in [-0.1, -0.05) is 12.1 Å². The van der Waals surface area contributed by atoms with Crippen molar-refractivity contribution in [2.75, 3.05) is 19.1 Å². The molecule has 1 saturated heterocycles. The van der Waals surface area contributed by atoms with E-state index >= 15 is 0 Å². The molecule has 0 aliphatic carbocycles. The van der Waals surface area contributed by atoms with Crippen LogP contribution in [0, 0.1) is 0 Å². The number of methoxy groups -OCH3 is 2. The summed E-state index contributed by atoms with van der Waals surface area (Å²) in [6, 6.07) is 19.7. The average Bonchev–Trinajstić information content (AvgIpc) is 2.88. The Kier molecular flexibility index (Phi) is 6.88. The molecule has 1 heterocycles. The highest BCUT2D eigenvalue weighted by atomic mass is 32.1. The van der Waals surface area contributed by atoms with E-state index in [9.17, 15) is 14.4 Å². The number of hydrogen-bond donors (Lipinski definition) is 1. The molecule has 3 aromatic rings. The van der Waals surface area contributed by atoms with Gasteiger partial charge in [-0.25, -0.2) is 4.79 Å². The van der Waals surface area contributed by atoms with E-state index in [-0.39, 0.29) is 10.7 Å². The van der Waals surface area contributed by atoms with Crippen LogP contribution in [0.1, 0.15) is 15.9 Å². The van der Waals surface area contributed by atoms with Crippen LogP contribution in [0.3, 0.4) is 0 Å². The third kappa shape index (κ3) is 5.20. The first-order valence-corrected chi connectivity index (χ1v) is 10.8. The molecule has 0 radical (unpaired) electrons. The van der Waals surface area contributed by atoms with Gasteiger partial charge >= 0.3 is 5.97 Å². The number of amides is 2. The summed E-state index contributed by atoms with van der Waals surface area (Å²) < 4.78 is 15.6. The zero-order valence-corrected chi connectivity index (χ0v) is 19.6. The van der Waals surface area contributed by atoms with Gasteiger partial charge in [0.1, 0.15) is 22.8 Å². The Labute approximate surface area is 206 Å². The van der Waals surface area contributed by atoms with Crippen molar-refractivity contribution in [2.45, 2.75) is 0 Å². The quantitative estimate of drug-likeness (QED) is 0.186. The number of benzene rings is 3. The number of ether oxygens (including phenoxy) is 3. The van der Waals surface area contributed by atoms with Crippen molar-refractivity contribution in [3.05, 3.63) is 89.5 Å². The smallest absolute Gasteiger partial charge is 0.343 e. The number of carbonyl (C=O) groups is 3. The van der Waals surface area contributed by atoms with Crippen LogP contribution < -0.4 is 24.4 Å². The van der Waals surface area contributed by atoms with Crippen molar-refractivity contribution in [3.8, 4) is 17.2 Å². The van der Waals surface area contributed by atoms with E-state index in [1.54, 1.807) is 79.9 Å². The van der Waals surface area contributed by atoms with Gasteiger partial charge in [0.15, 0.2) is 5.11 Å². The summed E-state index contributed by atoms with van der Waals surface area (Å²) in [7, 11) is 3.08. The molecule has 2 amide bonds. The molecule has 3 aromatic carbocycles. The molecular weight excluding hydrogens is 468 g/mol. The van der Waals surface area contributed by atoms with Gasteiger partial charge in [-0.15, -0.1) is 0 Å². The number of rotatable bonds is 6. The molecule has 35 heavy (non-hydrogen) atoms. The highest BCUT2D eigenvalue weighted by Gasteiger charge is 2.34. The molecule has 1 aliphatic heterocycles. The summed E-state index contributed by atoms with van der Waals surface area (Å²) in [5.41, 5.74) is 1.34. The second-order valence-corrected chi connectivity index (χ2v) is 7.73. The molecule has 0 saturated carbocycles. The lowest BCUT2D eigenvalue weighted by molar-refractivity contribution is -0.122. The first kappa shape index (κ1) is 23.7. The Bertz CT molecular complexity index is 1320. The zero-order valence-electron chi connectivity index (χ0n) is 18.8. The lowest BCUT2D eigenvalue weighted by Gasteiger charge is -2.29. The van der Waals surface area contributed by atoms with Gasteiger partial charge in [0.2, 0.25) is 0 Å². The second-order valence-electron chi connectivity index (χ2n) is 7.34. The summed E-state index contributed by atoms with van der Waals surface area (Å²) in [5.74, 6) is -0.111. The molecule has 1 N–H and O–H groups in total. The molecule has 9 heteroatoms. The number of carbonyl (C=O) groups excluding carboxylic acids is 3. The molecule has 0 unspecified atom stereocenters. The van der Waals surface area contributed by atoms with Gasteiger partial charge in [0.25, 0.3) is 11.8 Å². The first-order valence-electron chi connectivity index (χ1n) is 10.4. The number of esters is 1. The lowest BCUT2D eigenvalue weighted by Crippen LogP contribution is -2.54. The van der Waals surface area contributed by atoms with Crippen LogP contribution in [0.15, 0.2) is 78.4 Å². The highest BCUT2D eigenvalue weighted by molar-refractivity contribution is 7.80. The number of anilines is 1. The maximum atomic E-state index is 13.1. The standard InChI is InChI=1S/C26H20N2O6S/c1-32-19-11-5-17(6-12-19)25(31)34-21-9-3-16(4-10-21)15-22-23(29)27-26(35)28(24(22)30)18-7-13-20(33-2)14-8-18/h3-15H,1-2H3,(H,27,29,35)/b22-15-. The molecule has 8 nitrogen and oxygen atoms in total. The van der Waals surface area contributed by atoms with Crippen LogP contribution in [0.2, 0.25) is 0 Å². The minimum atomic E-state index is -0.597. The van der Waals surface area contributed by atoms with Gasteiger partial charge in [-0.3, -0.25) is 19.8 Å².